The fraction of sp³-hybridized carbons (Fsp3) is 0.562. The van der Waals surface area contributed by atoms with E-state index in [-0.39, 0.29) is 5.92 Å². The summed E-state index contributed by atoms with van der Waals surface area (Å²) < 4.78 is 5.48. The standard InChI is InChI=1S/C16H22O3/c1-10-9-15(19-3)14(8-11(2)16(17)18)13-7-5-4-6-12(10)13/h9,11H,4-8H2,1-3H3,(H,17,18). The summed E-state index contributed by atoms with van der Waals surface area (Å²) in [4.78, 5) is 11.1. The molecule has 1 N–H and O–H groups in total. The minimum atomic E-state index is -0.743. The maximum Gasteiger partial charge on any atom is 0.306 e. The number of hydrogen-bond donors (Lipinski definition) is 1. The fourth-order valence-corrected chi connectivity index (χ4v) is 2.99. The Bertz CT molecular complexity index is 491. The zero-order valence-corrected chi connectivity index (χ0v) is 12.0. The van der Waals surface area contributed by atoms with Crippen molar-refractivity contribution >= 4 is 5.97 Å². The van der Waals surface area contributed by atoms with Crippen molar-refractivity contribution in [2.24, 2.45) is 5.92 Å². The average molecular weight is 262 g/mol. The number of aryl methyl sites for hydroxylation is 1. The molecular weight excluding hydrogens is 240 g/mol. The molecule has 0 amide bonds. The number of fused-ring (bicyclic) bond motifs is 1. The predicted octanol–water partition coefficient (Wildman–Crippen LogP) is 3.15. The van der Waals surface area contributed by atoms with Crippen molar-refractivity contribution in [2.45, 2.75) is 46.0 Å². The third-order valence-electron chi connectivity index (χ3n) is 4.10. The summed E-state index contributed by atoms with van der Waals surface area (Å²) in [6, 6.07) is 2.06. The maximum atomic E-state index is 11.1. The summed E-state index contributed by atoms with van der Waals surface area (Å²) >= 11 is 0. The van der Waals surface area contributed by atoms with Gasteiger partial charge in [-0.15, -0.1) is 0 Å². The van der Waals surface area contributed by atoms with Crippen LogP contribution >= 0.6 is 0 Å². The second kappa shape index (κ2) is 5.64. The smallest absolute Gasteiger partial charge is 0.306 e. The third kappa shape index (κ3) is 2.75. The van der Waals surface area contributed by atoms with Gasteiger partial charge >= 0.3 is 5.97 Å². The number of rotatable bonds is 4. The minimum absolute atomic E-state index is 0.373. The van der Waals surface area contributed by atoms with Crippen LogP contribution in [0, 0.1) is 12.8 Å². The van der Waals surface area contributed by atoms with Gasteiger partial charge in [0.1, 0.15) is 5.75 Å². The van der Waals surface area contributed by atoms with E-state index in [1.165, 1.54) is 29.5 Å². The summed E-state index contributed by atoms with van der Waals surface area (Å²) in [6.07, 6.45) is 5.14. The van der Waals surface area contributed by atoms with Crippen LogP contribution in [-0.2, 0) is 24.1 Å². The van der Waals surface area contributed by atoms with Gasteiger partial charge in [-0.2, -0.15) is 0 Å². The van der Waals surface area contributed by atoms with E-state index in [1.54, 1.807) is 14.0 Å². The molecule has 0 radical (unpaired) electrons. The van der Waals surface area contributed by atoms with E-state index in [0.717, 1.165) is 24.2 Å². The number of ether oxygens (including phenoxy) is 1. The van der Waals surface area contributed by atoms with Crippen LogP contribution in [0.25, 0.3) is 0 Å². The van der Waals surface area contributed by atoms with E-state index in [0.29, 0.717) is 6.42 Å². The van der Waals surface area contributed by atoms with Crippen molar-refractivity contribution in [3.8, 4) is 5.75 Å². The lowest BCUT2D eigenvalue weighted by molar-refractivity contribution is -0.141. The first-order valence-electron chi connectivity index (χ1n) is 6.95. The molecular formula is C16H22O3. The zero-order valence-electron chi connectivity index (χ0n) is 12.0. The van der Waals surface area contributed by atoms with Crippen LogP contribution in [0.1, 0.15) is 42.0 Å². The van der Waals surface area contributed by atoms with Gasteiger partial charge in [-0.05, 0) is 67.3 Å². The van der Waals surface area contributed by atoms with Gasteiger partial charge in [-0.25, -0.2) is 0 Å². The van der Waals surface area contributed by atoms with E-state index >= 15 is 0 Å². The molecule has 0 bridgehead atoms. The van der Waals surface area contributed by atoms with Crippen LogP contribution in [0.4, 0.5) is 0 Å². The molecule has 0 fully saturated rings. The Balaban J connectivity index is 2.47. The van der Waals surface area contributed by atoms with Crippen LogP contribution in [0.15, 0.2) is 6.07 Å². The van der Waals surface area contributed by atoms with E-state index in [2.05, 4.69) is 13.0 Å². The largest absolute Gasteiger partial charge is 0.496 e. The van der Waals surface area contributed by atoms with Crippen LogP contribution in [0.5, 0.6) is 5.75 Å². The zero-order chi connectivity index (χ0) is 14.0. The molecule has 3 nitrogen and oxygen atoms in total. The molecule has 1 aromatic rings. The lowest BCUT2D eigenvalue weighted by Gasteiger charge is -2.24. The summed E-state index contributed by atoms with van der Waals surface area (Å²) in [7, 11) is 1.67. The quantitative estimate of drug-likeness (QED) is 0.906. The molecule has 1 atom stereocenters. The van der Waals surface area contributed by atoms with Gasteiger partial charge in [-0.3, -0.25) is 4.79 Å². The van der Waals surface area contributed by atoms with Crippen molar-refractivity contribution < 1.29 is 14.6 Å². The van der Waals surface area contributed by atoms with Gasteiger partial charge in [0.25, 0.3) is 0 Å². The summed E-state index contributed by atoms with van der Waals surface area (Å²) in [5, 5.41) is 9.12. The number of carboxylic acids is 1. The highest BCUT2D eigenvalue weighted by Gasteiger charge is 2.22. The molecule has 3 heteroatoms. The first-order chi connectivity index (χ1) is 9.04. The lowest BCUT2D eigenvalue weighted by atomic mass is 9.82. The highest BCUT2D eigenvalue weighted by molar-refractivity contribution is 5.70. The monoisotopic (exact) mass is 262 g/mol. The van der Waals surface area contributed by atoms with Gasteiger partial charge in [-0.1, -0.05) is 6.92 Å². The SMILES string of the molecule is COc1cc(C)c2c(c1CC(C)C(=O)O)CCCC2. The molecule has 0 aromatic heterocycles. The van der Waals surface area contributed by atoms with Crippen LogP contribution in [-0.4, -0.2) is 18.2 Å². The predicted molar refractivity (Wildman–Crippen MR) is 74.9 cm³/mol. The lowest BCUT2D eigenvalue weighted by Crippen LogP contribution is -2.17. The highest BCUT2D eigenvalue weighted by atomic mass is 16.5. The Labute approximate surface area is 114 Å². The molecule has 0 heterocycles. The summed E-state index contributed by atoms with van der Waals surface area (Å²) in [5.74, 6) is -0.263. The average Bonchev–Trinajstić information content (AvgIpc) is 2.41. The summed E-state index contributed by atoms with van der Waals surface area (Å²) in [6.45, 7) is 3.88. The fourth-order valence-electron chi connectivity index (χ4n) is 2.99. The molecule has 0 spiro atoms. The number of methoxy groups -OCH3 is 1. The van der Waals surface area contributed by atoms with E-state index < -0.39 is 5.97 Å². The molecule has 0 saturated heterocycles. The molecule has 19 heavy (non-hydrogen) atoms. The van der Waals surface area contributed by atoms with Gasteiger partial charge in [0.2, 0.25) is 0 Å². The molecule has 1 aliphatic rings. The second-order valence-electron chi connectivity index (χ2n) is 5.48. The molecule has 1 aromatic carbocycles. The first kappa shape index (κ1) is 13.9. The van der Waals surface area contributed by atoms with Crippen molar-refractivity contribution in [1.82, 2.24) is 0 Å². The second-order valence-corrected chi connectivity index (χ2v) is 5.48. The number of benzene rings is 1. The normalized spacial score (nSPS) is 15.7. The van der Waals surface area contributed by atoms with Crippen LogP contribution in [0.2, 0.25) is 0 Å². The van der Waals surface area contributed by atoms with E-state index in [9.17, 15) is 4.79 Å². The number of carbonyl (C=O) groups is 1. The van der Waals surface area contributed by atoms with Gasteiger partial charge in [0, 0.05) is 0 Å². The van der Waals surface area contributed by atoms with Gasteiger partial charge < -0.3 is 9.84 Å². The highest BCUT2D eigenvalue weighted by Crippen LogP contribution is 2.35. The molecule has 0 aliphatic heterocycles. The van der Waals surface area contributed by atoms with Gasteiger partial charge in [0.15, 0.2) is 0 Å². The summed E-state index contributed by atoms with van der Waals surface area (Å²) in [5.41, 5.74) is 5.15. The Morgan fingerprint density at radius 1 is 1.37 bits per heavy atom. The minimum Gasteiger partial charge on any atom is -0.496 e. The maximum absolute atomic E-state index is 11.1. The van der Waals surface area contributed by atoms with Gasteiger partial charge in [0.05, 0.1) is 13.0 Å². The Morgan fingerprint density at radius 2 is 2.00 bits per heavy atom. The van der Waals surface area contributed by atoms with Crippen molar-refractivity contribution in [2.75, 3.05) is 7.11 Å². The number of carboxylic acid groups (broad SMARTS) is 1. The molecule has 1 unspecified atom stereocenters. The van der Waals surface area contributed by atoms with E-state index in [1.807, 2.05) is 0 Å². The first-order valence-corrected chi connectivity index (χ1v) is 6.95. The number of aliphatic carboxylic acids is 1. The van der Waals surface area contributed by atoms with E-state index in [4.69, 9.17) is 9.84 Å². The number of hydrogen-bond acceptors (Lipinski definition) is 2. The van der Waals surface area contributed by atoms with Crippen molar-refractivity contribution in [3.05, 3.63) is 28.3 Å². The Kier molecular flexibility index (Phi) is 4.13. The Morgan fingerprint density at radius 3 is 2.58 bits per heavy atom. The van der Waals surface area contributed by atoms with Crippen molar-refractivity contribution in [1.29, 1.82) is 0 Å². The molecule has 1 aliphatic carbocycles. The van der Waals surface area contributed by atoms with Crippen molar-refractivity contribution in [3.63, 3.8) is 0 Å². The van der Waals surface area contributed by atoms with Crippen LogP contribution < -0.4 is 4.74 Å². The molecule has 0 saturated carbocycles. The Hall–Kier alpha value is -1.51. The molecule has 2 rings (SSSR count). The molecule has 104 valence electrons. The topological polar surface area (TPSA) is 46.5 Å². The van der Waals surface area contributed by atoms with Crippen LogP contribution in [0.3, 0.4) is 0 Å². The third-order valence-corrected chi connectivity index (χ3v) is 4.10.